The van der Waals surface area contributed by atoms with Crippen LogP contribution >= 0.6 is 11.6 Å². The minimum Gasteiger partial charge on any atom is -0.495 e. The van der Waals surface area contributed by atoms with Crippen LogP contribution in [0.5, 0.6) is 5.75 Å². The average molecular weight is 373 g/mol. The van der Waals surface area contributed by atoms with E-state index in [0.29, 0.717) is 35.1 Å². The van der Waals surface area contributed by atoms with E-state index in [1.807, 2.05) is 12.1 Å². The Morgan fingerprint density at radius 3 is 2.65 bits per heavy atom. The van der Waals surface area contributed by atoms with Crippen LogP contribution in [0.1, 0.15) is 24.8 Å². The summed E-state index contributed by atoms with van der Waals surface area (Å²) in [6.07, 6.45) is 2.66. The number of amides is 2. The van der Waals surface area contributed by atoms with Gasteiger partial charge in [-0.2, -0.15) is 0 Å². The van der Waals surface area contributed by atoms with E-state index in [2.05, 4.69) is 5.32 Å². The molecule has 0 aromatic heterocycles. The first kappa shape index (κ1) is 18.3. The number of ether oxygens (including phenoxy) is 1. The van der Waals surface area contributed by atoms with E-state index in [1.165, 1.54) is 0 Å². The lowest BCUT2D eigenvalue weighted by Crippen LogP contribution is -2.35. The van der Waals surface area contributed by atoms with Crippen LogP contribution in [0.2, 0.25) is 5.02 Å². The van der Waals surface area contributed by atoms with E-state index in [0.717, 1.165) is 18.4 Å². The van der Waals surface area contributed by atoms with Crippen LogP contribution in [0.4, 0.5) is 11.4 Å². The first-order valence-electron chi connectivity index (χ1n) is 8.59. The molecule has 1 aliphatic heterocycles. The number of carbonyl (C=O) groups excluding carboxylic acids is 2. The van der Waals surface area contributed by atoms with E-state index in [9.17, 15) is 9.59 Å². The molecular formula is C20H21ClN2O3. The molecule has 26 heavy (non-hydrogen) atoms. The third-order valence-electron chi connectivity index (χ3n) is 4.35. The Balaban J connectivity index is 1.75. The van der Waals surface area contributed by atoms with E-state index >= 15 is 0 Å². The summed E-state index contributed by atoms with van der Waals surface area (Å²) >= 11 is 5.86. The summed E-state index contributed by atoms with van der Waals surface area (Å²) in [5.41, 5.74) is 2.21. The molecule has 136 valence electrons. The number of nitrogens with zero attached hydrogens (tertiary/aromatic N) is 1. The van der Waals surface area contributed by atoms with Gasteiger partial charge in [0.25, 0.3) is 0 Å². The third kappa shape index (κ3) is 4.35. The summed E-state index contributed by atoms with van der Waals surface area (Å²) < 4.78 is 5.39. The predicted molar refractivity (Wildman–Crippen MR) is 103 cm³/mol. The number of benzene rings is 2. The van der Waals surface area contributed by atoms with Gasteiger partial charge >= 0.3 is 0 Å². The van der Waals surface area contributed by atoms with Gasteiger partial charge in [0, 0.05) is 23.7 Å². The van der Waals surface area contributed by atoms with Crippen LogP contribution in [0.25, 0.3) is 0 Å². The number of hydrogen-bond donors (Lipinski definition) is 1. The Bertz CT molecular complexity index is 805. The van der Waals surface area contributed by atoms with Crippen LogP contribution in [0.15, 0.2) is 42.5 Å². The highest BCUT2D eigenvalue weighted by Gasteiger charge is 2.23. The van der Waals surface area contributed by atoms with Crippen molar-refractivity contribution in [1.82, 2.24) is 0 Å². The van der Waals surface area contributed by atoms with E-state index in [1.54, 1.807) is 42.3 Å². The maximum atomic E-state index is 12.3. The quantitative estimate of drug-likeness (QED) is 0.861. The SMILES string of the molecule is COc1ccc(NC(=O)Cc2ccc(Cl)cc2)cc1N1CCCCC1=O. The number of anilines is 2. The number of rotatable bonds is 5. The van der Waals surface area contributed by atoms with Gasteiger partial charge in [-0.3, -0.25) is 9.59 Å². The van der Waals surface area contributed by atoms with Crippen molar-refractivity contribution in [2.75, 3.05) is 23.9 Å². The number of piperidine rings is 1. The fourth-order valence-corrected chi connectivity index (χ4v) is 3.16. The number of methoxy groups -OCH3 is 1. The zero-order valence-electron chi connectivity index (χ0n) is 14.6. The lowest BCUT2D eigenvalue weighted by molar-refractivity contribution is -0.119. The molecule has 0 saturated carbocycles. The summed E-state index contributed by atoms with van der Waals surface area (Å²) in [4.78, 5) is 26.3. The van der Waals surface area contributed by atoms with Crippen molar-refractivity contribution in [2.24, 2.45) is 0 Å². The van der Waals surface area contributed by atoms with Crippen molar-refractivity contribution in [3.63, 3.8) is 0 Å². The van der Waals surface area contributed by atoms with Crippen molar-refractivity contribution >= 4 is 34.8 Å². The maximum Gasteiger partial charge on any atom is 0.228 e. The van der Waals surface area contributed by atoms with Crippen molar-refractivity contribution in [2.45, 2.75) is 25.7 Å². The molecule has 1 fully saturated rings. The first-order chi connectivity index (χ1) is 12.6. The van der Waals surface area contributed by atoms with Crippen LogP contribution in [0, 0.1) is 0 Å². The van der Waals surface area contributed by atoms with Crippen LogP contribution < -0.4 is 15.0 Å². The highest BCUT2D eigenvalue weighted by molar-refractivity contribution is 6.30. The molecule has 6 heteroatoms. The maximum absolute atomic E-state index is 12.3. The third-order valence-corrected chi connectivity index (χ3v) is 4.61. The van der Waals surface area contributed by atoms with Gasteiger partial charge in [0.1, 0.15) is 5.75 Å². The highest BCUT2D eigenvalue weighted by atomic mass is 35.5. The Morgan fingerprint density at radius 2 is 1.96 bits per heavy atom. The number of halogens is 1. The molecule has 0 atom stereocenters. The Kier molecular flexibility index (Phi) is 5.78. The first-order valence-corrected chi connectivity index (χ1v) is 8.97. The number of carbonyl (C=O) groups is 2. The van der Waals surface area contributed by atoms with Gasteiger partial charge in [0.15, 0.2) is 0 Å². The lowest BCUT2D eigenvalue weighted by Gasteiger charge is -2.28. The fraction of sp³-hybridized carbons (Fsp3) is 0.300. The van der Waals surface area contributed by atoms with Crippen LogP contribution in [-0.4, -0.2) is 25.5 Å². The molecule has 0 aliphatic carbocycles. The summed E-state index contributed by atoms with van der Waals surface area (Å²) in [7, 11) is 1.58. The predicted octanol–water partition coefficient (Wildman–Crippen LogP) is 4.05. The summed E-state index contributed by atoms with van der Waals surface area (Å²) in [5.74, 6) is 0.573. The molecule has 0 bridgehead atoms. The fourth-order valence-electron chi connectivity index (χ4n) is 3.03. The monoisotopic (exact) mass is 372 g/mol. The number of hydrogen-bond acceptors (Lipinski definition) is 3. The molecule has 0 radical (unpaired) electrons. The van der Waals surface area contributed by atoms with Gasteiger partial charge < -0.3 is 15.0 Å². The second-order valence-electron chi connectivity index (χ2n) is 6.24. The molecule has 3 rings (SSSR count). The molecule has 2 amide bonds. The molecule has 2 aromatic rings. The van der Waals surface area contributed by atoms with Gasteiger partial charge in [0.2, 0.25) is 11.8 Å². The van der Waals surface area contributed by atoms with E-state index in [4.69, 9.17) is 16.3 Å². The molecule has 1 saturated heterocycles. The summed E-state index contributed by atoms with van der Waals surface area (Å²) in [6, 6.07) is 12.5. The van der Waals surface area contributed by atoms with Gasteiger partial charge in [-0.1, -0.05) is 23.7 Å². The summed E-state index contributed by atoms with van der Waals surface area (Å²) in [5, 5.41) is 3.52. The standard InChI is InChI=1S/C20H21ClN2O3/c1-26-18-10-9-16(13-17(18)23-11-3-2-4-20(23)25)22-19(24)12-14-5-7-15(21)8-6-14/h5-10,13H,2-4,11-12H2,1H3,(H,22,24). The van der Waals surface area contributed by atoms with Gasteiger partial charge in [-0.05, 0) is 48.7 Å². The van der Waals surface area contributed by atoms with Gasteiger partial charge in [0.05, 0.1) is 19.2 Å². The zero-order valence-corrected chi connectivity index (χ0v) is 15.4. The van der Waals surface area contributed by atoms with Crippen molar-refractivity contribution in [3.8, 4) is 5.75 Å². The second-order valence-corrected chi connectivity index (χ2v) is 6.68. The largest absolute Gasteiger partial charge is 0.495 e. The van der Waals surface area contributed by atoms with E-state index < -0.39 is 0 Å². The van der Waals surface area contributed by atoms with Gasteiger partial charge in [-0.15, -0.1) is 0 Å². The van der Waals surface area contributed by atoms with Crippen molar-refractivity contribution in [1.29, 1.82) is 0 Å². The molecule has 1 N–H and O–H groups in total. The van der Waals surface area contributed by atoms with Crippen molar-refractivity contribution < 1.29 is 14.3 Å². The molecule has 0 spiro atoms. The van der Waals surface area contributed by atoms with E-state index in [-0.39, 0.29) is 18.2 Å². The molecule has 0 unspecified atom stereocenters. The number of nitrogens with one attached hydrogen (secondary N) is 1. The molecular weight excluding hydrogens is 352 g/mol. The minimum atomic E-state index is -0.131. The molecule has 2 aromatic carbocycles. The highest BCUT2D eigenvalue weighted by Crippen LogP contribution is 2.33. The van der Waals surface area contributed by atoms with Gasteiger partial charge in [-0.25, -0.2) is 0 Å². The Hall–Kier alpha value is -2.53. The van der Waals surface area contributed by atoms with Crippen LogP contribution in [-0.2, 0) is 16.0 Å². The smallest absolute Gasteiger partial charge is 0.228 e. The minimum absolute atomic E-state index is 0.0826. The molecule has 1 aliphatic rings. The topological polar surface area (TPSA) is 58.6 Å². The lowest BCUT2D eigenvalue weighted by atomic mass is 10.1. The molecule has 5 nitrogen and oxygen atoms in total. The zero-order chi connectivity index (χ0) is 18.5. The Morgan fingerprint density at radius 1 is 1.19 bits per heavy atom. The Labute approximate surface area is 157 Å². The van der Waals surface area contributed by atoms with Crippen LogP contribution in [0.3, 0.4) is 0 Å². The summed E-state index contributed by atoms with van der Waals surface area (Å²) in [6.45, 7) is 0.664. The molecule has 1 heterocycles. The average Bonchev–Trinajstić information content (AvgIpc) is 2.64. The van der Waals surface area contributed by atoms with Crippen molar-refractivity contribution in [3.05, 3.63) is 53.1 Å². The second kappa shape index (κ2) is 8.23. The normalized spacial score (nSPS) is 14.2.